The van der Waals surface area contributed by atoms with Gasteiger partial charge in [0, 0.05) is 38.6 Å². The molecule has 2 aromatic rings. The smallest absolute Gasteiger partial charge is 0.123 e. The highest BCUT2D eigenvalue weighted by Gasteiger charge is 2.37. The molecule has 0 aliphatic carbocycles. The van der Waals surface area contributed by atoms with Crippen molar-refractivity contribution in [3.8, 4) is 5.75 Å². The molecule has 26 heavy (non-hydrogen) atoms. The fourth-order valence-electron chi connectivity index (χ4n) is 4.15. The molecule has 2 aromatic carbocycles. The van der Waals surface area contributed by atoms with E-state index < -0.39 is 0 Å². The molecule has 0 bridgehead atoms. The van der Waals surface area contributed by atoms with E-state index in [0.717, 1.165) is 31.8 Å². The van der Waals surface area contributed by atoms with Crippen molar-refractivity contribution in [2.24, 2.45) is 0 Å². The number of rotatable bonds is 6. The zero-order chi connectivity index (χ0) is 17.9. The number of nitrogens with one attached hydrogen (secondary N) is 2. The number of anilines is 2. The SMILES string of the molecule is CNc1cccc2c1NC1CCN(CCCOc3ccc(F)cc3)CC21. The Morgan fingerprint density at radius 2 is 2.08 bits per heavy atom. The fourth-order valence-corrected chi connectivity index (χ4v) is 4.15. The Balaban J connectivity index is 1.29. The molecule has 4 rings (SSSR count). The van der Waals surface area contributed by atoms with Crippen LogP contribution in [0, 0.1) is 5.82 Å². The normalized spacial score (nSPS) is 21.6. The highest BCUT2D eigenvalue weighted by molar-refractivity contribution is 5.76. The first-order valence-corrected chi connectivity index (χ1v) is 9.42. The number of hydrogen-bond acceptors (Lipinski definition) is 4. The standard InChI is InChI=1S/C21H26FN3O/c1-23-20-5-2-4-17-18-14-25(12-10-19(18)24-21(17)20)11-3-13-26-16-8-6-15(22)7-9-16/h2,4-9,18-19,23-24H,3,10-14H2,1H3. The maximum atomic E-state index is 12.9. The largest absolute Gasteiger partial charge is 0.494 e. The maximum Gasteiger partial charge on any atom is 0.123 e. The molecule has 0 aromatic heterocycles. The number of fused-ring (bicyclic) bond motifs is 3. The van der Waals surface area contributed by atoms with Gasteiger partial charge in [-0.25, -0.2) is 4.39 Å². The minimum Gasteiger partial charge on any atom is -0.494 e. The molecule has 0 amide bonds. The van der Waals surface area contributed by atoms with Crippen LogP contribution in [-0.2, 0) is 0 Å². The summed E-state index contributed by atoms with van der Waals surface area (Å²) in [6.07, 6.45) is 2.15. The molecule has 2 N–H and O–H groups in total. The van der Waals surface area contributed by atoms with Crippen LogP contribution in [0.25, 0.3) is 0 Å². The number of para-hydroxylation sites is 1. The summed E-state index contributed by atoms with van der Waals surface area (Å²) in [5.41, 5.74) is 3.91. The second-order valence-corrected chi connectivity index (χ2v) is 7.12. The van der Waals surface area contributed by atoms with E-state index >= 15 is 0 Å². The van der Waals surface area contributed by atoms with Crippen LogP contribution in [0.5, 0.6) is 5.75 Å². The van der Waals surface area contributed by atoms with Crippen molar-refractivity contribution in [3.05, 3.63) is 53.8 Å². The number of nitrogens with zero attached hydrogens (tertiary/aromatic N) is 1. The van der Waals surface area contributed by atoms with Crippen LogP contribution < -0.4 is 15.4 Å². The van der Waals surface area contributed by atoms with Gasteiger partial charge >= 0.3 is 0 Å². The van der Waals surface area contributed by atoms with Gasteiger partial charge in [-0.05, 0) is 48.7 Å². The van der Waals surface area contributed by atoms with Gasteiger partial charge in [0.15, 0.2) is 0 Å². The molecule has 2 unspecified atom stereocenters. The number of hydrogen-bond donors (Lipinski definition) is 2. The highest BCUT2D eigenvalue weighted by Crippen LogP contribution is 2.43. The van der Waals surface area contributed by atoms with Crippen molar-refractivity contribution in [1.29, 1.82) is 0 Å². The zero-order valence-corrected chi connectivity index (χ0v) is 15.2. The molecule has 0 spiro atoms. The Hall–Kier alpha value is -2.27. The lowest BCUT2D eigenvalue weighted by atomic mass is 9.89. The zero-order valence-electron chi connectivity index (χ0n) is 15.2. The highest BCUT2D eigenvalue weighted by atomic mass is 19.1. The van der Waals surface area contributed by atoms with Gasteiger partial charge in [-0.2, -0.15) is 0 Å². The molecule has 0 saturated carbocycles. The lowest BCUT2D eigenvalue weighted by Gasteiger charge is -2.35. The lowest BCUT2D eigenvalue weighted by molar-refractivity contribution is 0.185. The van der Waals surface area contributed by atoms with Crippen LogP contribution >= 0.6 is 0 Å². The summed E-state index contributed by atoms with van der Waals surface area (Å²) < 4.78 is 18.6. The summed E-state index contributed by atoms with van der Waals surface area (Å²) in [5, 5.41) is 7.02. The minimum atomic E-state index is -0.230. The monoisotopic (exact) mass is 355 g/mol. The van der Waals surface area contributed by atoms with Crippen LogP contribution in [0.3, 0.4) is 0 Å². The third-order valence-electron chi connectivity index (χ3n) is 5.49. The molecule has 138 valence electrons. The van der Waals surface area contributed by atoms with E-state index in [4.69, 9.17) is 4.74 Å². The van der Waals surface area contributed by atoms with Crippen LogP contribution in [0.4, 0.5) is 15.8 Å². The molecule has 1 fully saturated rings. The van der Waals surface area contributed by atoms with E-state index in [1.54, 1.807) is 12.1 Å². The van der Waals surface area contributed by atoms with Gasteiger partial charge in [-0.1, -0.05) is 12.1 Å². The molecule has 2 aliphatic heterocycles. The minimum absolute atomic E-state index is 0.230. The van der Waals surface area contributed by atoms with Crippen molar-refractivity contribution in [1.82, 2.24) is 4.90 Å². The summed E-state index contributed by atoms with van der Waals surface area (Å²) in [5.74, 6) is 1.07. The van der Waals surface area contributed by atoms with E-state index in [9.17, 15) is 4.39 Å². The molecule has 2 atom stereocenters. The topological polar surface area (TPSA) is 36.5 Å². The first kappa shape index (κ1) is 17.2. The summed E-state index contributed by atoms with van der Waals surface area (Å²) in [6.45, 7) is 3.91. The third-order valence-corrected chi connectivity index (χ3v) is 5.49. The quantitative estimate of drug-likeness (QED) is 0.770. The van der Waals surface area contributed by atoms with E-state index in [2.05, 4.69) is 33.7 Å². The average Bonchev–Trinajstić information content (AvgIpc) is 3.05. The van der Waals surface area contributed by atoms with Crippen molar-refractivity contribution >= 4 is 11.4 Å². The maximum absolute atomic E-state index is 12.9. The van der Waals surface area contributed by atoms with Gasteiger partial charge in [0.2, 0.25) is 0 Å². The lowest BCUT2D eigenvalue weighted by Crippen LogP contribution is -2.42. The Kier molecular flexibility index (Phi) is 4.98. The van der Waals surface area contributed by atoms with E-state index in [-0.39, 0.29) is 5.82 Å². The van der Waals surface area contributed by atoms with Crippen molar-refractivity contribution < 1.29 is 9.13 Å². The molecule has 1 saturated heterocycles. The number of benzene rings is 2. The van der Waals surface area contributed by atoms with Gasteiger partial charge in [0.25, 0.3) is 0 Å². The second-order valence-electron chi connectivity index (χ2n) is 7.12. The van der Waals surface area contributed by atoms with Crippen molar-refractivity contribution in [2.45, 2.75) is 24.8 Å². The van der Waals surface area contributed by atoms with Crippen LogP contribution in [0.2, 0.25) is 0 Å². The average molecular weight is 355 g/mol. The molecular formula is C21H26FN3O. The molecule has 0 radical (unpaired) electrons. The third kappa shape index (κ3) is 3.49. The summed E-state index contributed by atoms with van der Waals surface area (Å²) >= 11 is 0. The Labute approximate surface area is 154 Å². The Morgan fingerprint density at radius 3 is 2.88 bits per heavy atom. The molecule has 5 heteroatoms. The van der Waals surface area contributed by atoms with E-state index in [1.807, 2.05) is 7.05 Å². The first-order chi connectivity index (χ1) is 12.7. The van der Waals surface area contributed by atoms with Crippen LogP contribution in [0.15, 0.2) is 42.5 Å². The Bertz CT molecular complexity index is 749. The summed E-state index contributed by atoms with van der Waals surface area (Å²) in [4.78, 5) is 2.54. The van der Waals surface area contributed by atoms with Gasteiger partial charge in [0.1, 0.15) is 11.6 Å². The molecular weight excluding hydrogens is 329 g/mol. The van der Waals surface area contributed by atoms with Gasteiger partial charge in [-0.15, -0.1) is 0 Å². The number of piperidine rings is 1. The summed E-state index contributed by atoms with van der Waals surface area (Å²) in [7, 11) is 1.98. The number of halogens is 1. The van der Waals surface area contributed by atoms with Crippen LogP contribution in [0.1, 0.15) is 24.3 Å². The van der Waals surface area contributed by atoms with Gasteiger partial charge < -0.3 is 20.3 Å². The molecule has 2 aliphatic rings. The van der Waals surface area contributed by atoms with Gasteiger partial charge in [-0.3, -0.25) is 0 Å². The van der Waals surface area contributed by atoms with E-state index in [0.29, 0.717) is 18.6 Å². The number of ether oxygens (including phenoxy) is 1. The fraction of sp³-hybridized carbons (Fsp3) is 0.429. The molecule has 4 nitrogen and oxygen atoms in total. The predicted molar refractivity (Wildman–Crippen MR) is 104 cm³/mol. The predicted octanol–water partition coefficient (Wildman–Crippen LogP) is 3.92. The molecule has 2 heterocycles. The van der Waals surface area contributed by atoms with Crippen molar-refractivity contribution in [2.75, 3.05) is 43.9 Å². The summed E-state index contributed by atoms with van der Waals surface area (Å²) in [6, 6.07) is 13.3. The van der Waals surface area contributed by atoms with Gasteiger partial charge in [0.05, 0.1) is 18.0 Å². The Morgan fingerprint density at radius 1 is 1.23 bits per heavy atom. The van der Waals surface area contributed by atoms with Crippen molar-refractivity contribution in [3.63, 3.8) is 0 Å². The van der Waals surface area contributed by atoms with Crippen LogP contribution in [-0.4, -0.2) is 44.2 Å². The number of likely N-dealkylation sites (tertiary alicyclic amines) is 1. The first-order valence-electron chi connectivity index (χ1n) is 9.42. The second kappa shape index (κ2) is 7.54. The van der Waals surface area contributed by atoms with E-state index in [1.165, 1.54) is 35.5 Å².